The van der Waals surface area contributed by atoms with E-state index in [1.54, 1.807) is 38.5 Å². The van der Waals surface area contributed by atoms with Gasteiger partial charge in [-0.05, 0) is 37.1 Å². The Morgan fingerprint density at radius 1 is 0.875 bits per heavy atom. The van der Waals surface area contributed by atoms with Crippen LogP contribution >= 0.6 is 0 Å². The number of amides is 2. The molecule has 0 N–H and O–H groups in total. The maximum Gasteiger partial charge on any atom is 0.282 e. The second-order valence-electron chi connectivity index (χ2n) is 7.63. The van der Waals surface area contributed by atoms with Gasteiger partial charge < -0.3 is 19.1 Å². The van der Waals surface area contributed by atoms with Crippen molar-refractivity contribution in [1.29, 1.82) is 0 Å². The van der Waals surface area contributed by atoms with Crippen LogP contribution in [0.4, 0.5) is 5.69 Å². The quantitative estimate of drug-likeness (QED) is 0.531. The number of aryl methyl sites for hydroxylation is 2. The van der Waals surface area contributed by atoms with Crippen molar-refractivity contribution in [3.8, 4) is 5.75 Å². The summed E-state index contributed by atoms with van der Waals surface area (Å²) >= 11 is 0. The van der Waals surface area contributed by atoms with E-state index in [0.29, 0.717) is 49.0 Å². The molecule has 0 aliphatic carbocycles. The van der Waals surface area contributed by atoms with Crippen molar-refractivity contribution >= 4 is 23.1 Å². The Kier molecular flexibility index (Phi) is 7.66. The molecule has 0 saturated heterocycles. The smallest absolute Gasteiger partial charge is 0.282 e. The van der Waals surface area contributed by atoms with E-state index in [9.17, 15) is 9.59 Å². The molecule has 2 amide bonds. The summed E-state index contributed by atoms with van der Waals surface area (Å²) in [5, 5.41) is 0. The third-order valence-corrected chi connectivity index (χ3v) is 5.48. The fourth-order valence-corrected chi connectivity index (χ4v) is 3.92. The van der Waals surface area contributed by atoms with Crippen molar-refractivity contribution < 1.29 is 23.8 Å². The molecule has 0 radical (unpaired) electrons. The maximum absolute atomic E-state index is 13.8. The highest BCUT2D eigenvalue weighted by Gasteiger charge is 2.43. The van der Waals surface area contributed by atoms with Crippen molar-refractivity contribution in [2.45, 2.75) is 13.8 Å². The Bertz CT molecular complexity index is 1020. The summed E-state index contributed by atoms with van der Waals surface area (Å²) in [5.74, 6) is -0.307. The summed E-state index contributed by atoms with van der Waals surface area (Å²) in [7, 11) is 4.74. The van der Waals surface area contributed by atoms with Crippen molar-refractivity contribution in [2.24, 2.45) is 0 Å². The molecule has 2 aromatic carbocycles. The van der Waals surface area contributed by atoms with Crippen LogP contribution in [-0.2, 0) is 19.1 Å². The molecule has 2 aromatic rings. The zero-order valence-electron chi connectivity index (χ0n) is 19.3. The number of ether oxygens (including phenoxy) is 3. The molecule has 7 heteroatoms. The molecule has 0 fully saturated rings. The number of carbonyl (C=O) groups excluding carboxylic acids is 2. The van der Waals surface area contributed by atoms with Gasteiger partial charge in [0, 0.05) is 27.3 Å². The van der Waals surface area contributed by atoms with Gasteiger partial charge >= 0.3 is 0 Å². The summed E-state index contributed by atoms with van der Waals surface area (Å²) in [6.45, 7) is 5.65. The minimum Gasteiger partial charge on any atom is -0.495 e. The molecular formula is C25H30N2O5. The fraction of sp³-hybridized carbons (Fsp3) is 0.360. The number of hydrogen-bond acceptors (Lipinski definition) is 6. The molecule has 1 aliphatic rings. The highest BCUT2D eigenvalue weighted by Crippen LogP contribution is 2.39. The number of rotatable bonds is 10. The summed E-state index contributed by atoms with van der Waals surface area (Å²) in [4.78, 5) is 30.6. The number of benzene rings is 2. The lowest BCUT2D eigenvalue weighted by molar-refractivity contribution is -0.120. The summed E-state index contributed by atoms with van der Waals surface area (Å²) in [6, 6.07) is 12.9. The number of para-hydroxylation sites is 2. The Morgan fingerprint density at radius 3 is 2.12 bits per heavy atom. The maximum atomic E-state index is 13.8. The Labute approximate surface area is 189 Å². The minimum absolute atomic E-state index is 0.349. The summed E-state index contributed by atoms with van der Waals surface area (Å²) in [5.41, 5.74) is 3.90. The van der Waals surface area contributed by atoms with E-state index >= 15 is 0 Å². The van der Waals surface area contributed by atoms with Crippen LogP contribution < -0.4 is 9.64 Å². The van der Waals surface area contributed by atoms with E-state index in [0.717, 1.165) is 16.7 Å². The third kappa shape index (κ3) is 4.54. The zero-order chi connectivity index (χ0) is 23.3. The number of imide groups is 1. The van der Waals surface area contributed by atoms with Gasteiger partial charge in [-0.15, -0.1) is 0 Å². The van der Waals surface area contributed by atoms with Gasteiger partial charge in [-0.1, -0.05) is 35.9 Å². The van der Waals surface area contributed by atoms with E-state index < -0.39 is 0 Å². The molecule has 0 spiro atoms. The monoisotopic (exact) mass is 438 g/mol. The minimum atomic E-state index is -0.387. The van der Waals surface area contributed by atoms with E-state index in [-0.39, 0.29) is 11.8 Å². The zero-order valence-corrected chi connectivity index (χ0v) is 19.3. The van der Waals surface area contributed by atoms with Crippen LogP contribution in [-0.4, -0.2) is 64.3 Å². The number of nitrogens with zero attached hydrogens (tertiary/aromatic N) is 2. The molecule has 32 heavy (non-hydrogen) atoms. The topological polar surface area (TPSA) is 68.3 Å². The first-order chi connectivity index (χ1) is 15.4. The fourth-order valence-electron chi connectivity index (χ4n) is 3.92. The van der Waals surface area contributed by atoms with Gasteiger partial charge in [0.05, 0.1) is 31.6 Å². The molecule has 170 valence electrons. The van der Waals surface area contributed by atoms with Crippen molar-refractivity contribution in [3.63, 3.8) is 0 Å². The molecule has 1 heterocycles. The van der Waals surface area contributed by atoms with Crippen LogP contribution in [0.5, 0.6) is 5.75 Å². The first kappa shape index (κ1) is 23.5. The first-order valence-electron chi connectivity index (χ1n) is 10.5. The predicted octanol–water partition coefficient (Wildman–Crippen LogP) is 3.19. The van der Waals surface area contributed by atoms with Crippen molar-refractivity contribution in [3.05, 3.63) is 64.9 Å². The lowest BCUT2D eigenvalue weighted by Gasteiger charge is -2.26. The number of methoxy groups -OCH3 is 3. The number of hydrogen-bond donors (Lipinski definition) is 0. The van der Waals surface area contributed by atoms with E-state index in [2.05, 4.69) is 0 Å². The summed E-state index contributed by atoms with van der Waals surface area (Å²) in [6.07, 6.45) is 0. The van der Waals surface area contributed by atoms with Crippen LogP contribution in [0.15, 0.2) is 48.2 Å². The lowest BCUT2D eigenvalue weighted by atomic mass is 9.97. The second kappa shape index (κ2) is 10.4. The van der Waals surface area contributed by atoms with E-state index in [4.69, 9.17) is 14.2 Å². The molecule has 0 saturated carbocycles. The van der Waals surface area contributed by atoms with Crippen LogP contribution in [0.3, 0.4) is 0 Å². The Hall–Kier alpha value is -3.16. The van der Waals surface area contributed by atoms with Crippen LogP contribution in [0, 0.1) is 13.8 Å². The standard InChI is InChI=1S/C25H30N2O5/c1-17-10-11-19(18(2)16-17)22-23(26(12-14-30-3)13-15-31-4)25(29)27(24(22)28)20-8-6-7-9-21(20)32-5/h6-11,16H,12-15H2,1-5H3. The summed E-state index contributed by atoms with van der Waals surface area (Å²) < 4.78 is 16.0. The highest BCUT2D eigenvalue weighted by molar-refractivity contribution is 6.45. The second-order valence-corrected chi connectivity index (χ2v) is 7.63. The SMILES string of the molecule is COCCN(CCOC)C1=C(c2ccc(C)cc2C)C(=O)N(c2ccccc2OC)C1=O. The van der Waals surface area contributed by atoms with Crippen molar-refractivity contribution in [2.75, 3.05) is 52.5 Å². The average Bonchev–Trinajstić information content (AvgIpc) is 3.03. The van der Waals surface area contributed by atoms with Gasteiger partial charge in [-0.2, -0.15) is 0 Å². The van der Waals surface area contributed by atoms with Gasteiger partial charge in [0.1, 0.15) is 11.4 Å². The third-order valence-electron chi connectivity index (χ3n) is 5.48. The van der Waals surface area contributed by atoms with E-state index in [1.165, 1.54) is 12.0 Å². The largest absolute Gasteiger partial charge is 0.495 e. The first-order valence-corrected chi connectivity index (χ1v) is 10.5. The molecule has 0 aromatic heterocycles. The van der Waals surface area contributed by atoms with Gasteiger partial charge in [-0.3, -0.25) is 9.59 Å². The molecule has 3 rings (SSSR count). The number of carbonyl (C=O) groups is 2. The lowest BCUT2D eigenvalue weighted by Crippen LogP contribution is -2.37. The molecule has 7 nitrogen and oxygen atoms in total. The highest BCUT2D eigenvalue weighted by atomic mass is 16.5. The molecule has 0 unspecified atom stereocenters. The molecule has 1 aliphatic heterocycles. The van der Waals surface area contributed by atoms with Crippen LogP contribution in [0.2, 0.25) is 0 Å². The van der Waals surface area contributed by atoms with E-state index in [1.807, 2.05) is 36.9 Å². The normalized spacial score (nSPS) is 13.8. The molecule has 0 atom stereocenters. The van der Waals surface area contributed by atoms with Gasteiger partial charge in [0.25, 0.3) is 11.8 Å². The van der Waals surface area contributed by atoms with Gasteiger partial charge in [0.2, 0.25) is 0 Å². The number of anilines is 1. The Morgan fingerprint density at radius 2 is 1.53 bits per heavy atom. The average molecular weight is 439 g/mol. The Balaban J connectivity index is 2.20. The van der Waals surface area contributed by atoms with Crippen molar-refractivity contribution in [1.82, 2.24) is 4.90 Å². The van der Waals surface area contributed by atoms with Gasteiger partial charge in [0.15, 0.2) is 0 Å². The molecule has 0 bridgehead atoms. The van der Waals surface area contributed by atoms with Crippen LogP contribution in [0.25, 0.3) is 5.57 Å². The van der Waals surface area contributed by atoms with Gasteiger partial charge in [-0.25, -0.2) is 4.90 Å². The predicted molar refractivity (Wildman–Crippen MR) is 124 cm³/mol. The molecular weight excluding hydrogens is 408 g/mol. The van der Waals surface area contributed by atoms with Crippen LogP contribution in [0.1, 0.15) is 16.7 Å².